The minimum atomic E-state index is -4.48. The molecule has 2 aromatic carbocycles. The Hall–Kier alpha value is -4.51. The molecule has 1 aliphatic rings. The third kappa shape index (κ3) is 6.80. The lowest BCUT2D eigenvalue weighted by Gasteiger charge is -2.21. The van der Waals surface area contributed by atoms with Crippen LogP contribution in [0.15, 0.2) is 73.3 Å². The number of carbonyl (C=O) groups excluding carboxylic acids is 2. The Morgan fingerprint density at radius 1 is 1.05 bits per heavy atom. The zero-order chi connectivity index (χ0) is 29.0. The van der Waals surface area contributed by atoms with E-state index < -0.39 is 17.6 Å². The molecule has 2 N–H and O–H groups in total. The summed E-state index contributed by atoms with van der Waals surface area (Å²) in [5, 5.41) is 10.3. The van der Waals surface area contributed by atoms with E-state index in [-0.39, 0.29) is 23.8 Å². The summed E-state index contributed by atoms with van der Waals surface area (Å²) in [6, 6.07) is 11.8. The van der Waals surface area contributed by atoms with Gasteiger partial charge >= 0.3 is 6.18 Å². The van der Waals surface area contributed by atoms with E-state index in [9.17, 15) is 22.8 Å². The van der Waals surface area contributed by atoms with Gasteiger partial charge in [0.1, 0.15) is 0 Å². The lowest BCUT2D eigenvalue weighted by Crippen LogP contribution is -2.28. The van der Waals surface area contributed by atoms with Crippen molar-refractivity contribution in [3.63, 3.8) is 0 Å². The van der Waals surface area contributed by atoms with Gasteiger partial charge in [-0.2, -0.15) is 18.3 Å². The number of anilines is 2. The number of aromatic nitrogens is 3. The molecular formula is C30H28F3N5O3. The standard InChI is InChI=1S/C30H28F3N5O3/c1-19-5-6-24(36-28(39)14-20-3-2-4-23(13-20)30(31,32)33)15-27(19)38-18-22(16-35-38)25-17-34-10-7-26(25)37-29(40)21-8-11-41-12-9-21/h2-7,10,13,15-18,21H,8-9,11-12,14H2,1H3,(H,36,39)(H,34,37,40). The lowest BCUT2D eigenvalue weighted by atomic mass is 9.99. The Labute approximate surface area is 234 Å². The van der Waals surface area contributed by atoms with Crippen molar-refractivity contribution in [2.24, 2.45) is 5.92 Å². The average Bonchev–Trinajstić information content (AvgIpc) is 3.44. The van der Waals surface area contributed by atoms with Crippen LogP contribution < -0.4 is 10.6 Å². The molecule has 0 aliphatic carbocycles. The molecule has 212 valence electrons. The van der Waals surface area contributed by atoms with Crippen LogP contribution in [0.4, 0.5) is 24.5 Å². The van der Waals surface area contributed by atoms with Gasteiger partial charge in [0.25, 0.3) is 0 Å². The number of halogens is 3. The summed E-state index contributed by atoms with van der Waals surface area (Å²) in [6.45, 7) is 3.03. The molecule has 5 rings (SSSR count). The molecule has 0 saturated carbocycles. The van der Waals surface area contributed by atoms with Crippen molar-refractivity contribution in [2.75, 3.05) is 23.8 Å². The van der Waals surface area contributed by atoms with Crippen LogP contribution in [0.1, 0.15) is 29.5 Å². The molecule has 11 heteroatoms. The molecule has 1 fully saturated rings. The first kappa shape index (κ1) is 28.0. The number of hydrogen-bond acceptors (Lipinski definition) is 5. The van der Waals surface area contributed by atoms with Crippen LogP contribution in [-0.2, 0) is 26.9 Å². The Kier molecular flexibility index (Phi) is 8.16. The fourth-order valence-electron chi connectivity index (χ4n) is 4.70. The van der Waals surface area contributed by atoms with E-state index in [1.807, 2.05) is 13.0 Å². The van der Waals surface area contributed by atoms with Gasteiger partial charge in [-0.15, -0.1) is 0 Å². The second kappa shape index (κ2) is 11.9. The van der Waals surface area contributed by atoms with Crippen LogP contribution in [0.2, 0.25) is 0 Å². The van der Waals surface area contributed by atoms with E-state index in [0.717, 1.165) is 23.3 Å². The first-order valence-electron chi connectivity index (χ1n) is 13.1. The van der Waals surface area contributed by atoms with E-state index >= 15 is 0 Å². The number of carbonyl (C=O) groups is 2. The maximum atomic E-state index is 13.0. The minimum absolute atomic E-state index is 0.0578. The second-order valence-electron chi connectivity index (χ2n) is 9.90. The zero-order valence-corrected chi connectivity index (χ0v) is 22.2. The molecule has 0 bridgehead atoms. The maximum Gasteiger partial charge on any atom is 0.416 e. The summed E-state index contributed by atoms with van der Waals surface area (Å²) < 4.78 is 46.1. The Bertz CT molecular complexity index is 1560. The summed E-state index contributed by atoms with van der Waals surface area (Å²) in [4.78, 5) is 29.7. The van der Waals surface area contributed by atoms with Gasteiger partial charge in [-0.05, 0) is 55.2 Å². The average molecular weight is 564 g/mol. The number of aryl methyl sites for hydroxylation is 1. The van der Waals surface area contributed by atoms with Gasteiger partial charge in [0, 0.05) is 54.5 Å². The molecule has 0 spiro atoms. The van der Waals surface area contributed by atoms with Gasteiger partial charge in [0.05, 0.1) is 29.6 Å². The van der Waals surface area contributed by atoms with Crippen LogP contribution in [-0.4, -0.2) is 39.8 Å². The predicted octanol–water partition coefficient (Wildman–Crippen LogP) is 5.81. The third-order valence-electron chi connectivity index (χ3n) is 6.92. The number of pyridine rings is 1. The van der Waals surface area contributed by atoms with Crippen molar-refractivity contribution in [3.8, 4) is 16.8 Å². The SMILES string of the molecule is Cc1ccc(NC(=O)Cc2cccc(C(F)(F)F)c2)cc1-n1cc(-c2cnccc2NC(=O)C2CCOCC2)cn1. The summed E-state index contributed by atoms with van der Waals surface area (Å²) in [6.07, 6.45) is 3.42. The van der Waals surface area contributed by atoms with Crippen molar-refractivity contribution in [3.05, 3.63) is 90.0 Å². The second-order valence-corrected chi connectivity index (χ2v) is 9.90. The molecule has 8 nitrogen and oxygen atoms in total. The monoisotopic (exact) mass is 563 g/mol. The molecule has 0 atom stereocenters. The van der Waals surface area contributed by atoms with Gasteiger partial charge in [-0.25, -0.2) is 4.68 Å². The van der Waals surface area contributed by atoms with E-state index in [1.54, 1.807) is 47.7 Å². The van der Waals surface area contributed by atoms with Crippen molar-refractivity contribution >= 4 is 23.2 Å². The van der Waals surface area contributed by atoms with Crippen molar-refractivity contribution in [2.45, 2.75) is 32.4 Å². The summed E-state index contributed by atoms with van der Waals surface area (Å²) in [5.74, 6) is -0.611. The molecule has 0 radical (unpaired) electrons. The Morgan fingerprint density at radius 3 is 2.63 bits per heavy atom. The van der Waals surface area contributed by atoms with E-state index in [4.69, 9.17) is 4.74 Å². The van der Waals surface area contributed by atoms with Crippen molar-refractivity contribution in [1.82, 2.24) is 14.8 Å². The highest BCUT2D eigenvalue weighted by Gasteiger charge is 2.30. The normalized spacial score (nSPS) is 14.0. The van der Waals surface area contributed by atoms with Crippen LogP contribution in [0.3, 0.4) is 0 Å². The first-order valence-corrected chi connectivity index (χ1v) is 13.1. The number of hydrogen-bond donors (Lipinski definition) is 2. The highest BCUT2D eigenvalue weighted by molar-refractivity contribution is 5.96. The number of ether oxygens (including phenoxy) is 1. The fourth-order valence-corrected chi connectivity index (χ4v) is 4.70. The highest BCUT2D eigenvalue weighted by Crippen LogP contribution is 2.31. The smallest absolute Gasteiger partial charge is 0.381 e. The molecule has 3 heterocycles. The van der Waals surface area contributed by atoms with Gasteiger partial charge in [-0.1, -0.05) is 24.3 Å². The Balaban J connectivity index is 1.31. The van der Waals surface area contributed by atoms with E-state index in [1.165, 1.54) is 12.1 Å². The largest absolute Gasteiger partial charge is 0.416 e. The number of amides is 2. The number of rotatable bonds is 7. The summed E-state index contributed by atoms with van der Waals surface area (Å²) in [5.41, 5.74) is 3.60. The molecule has 1 saturated heterocycles. The molecule has 2 aromatic heterocycles. The van der Waals surface area contributed by atoms with Crippen LogP contribution in [0.5, 0.6) is 0 Å². The number of nitrogens with zero attached hydrogens (tertiary/aromatic N) is 3. The lowest BCUT2D eigenvalue weighted by molar-refractivity contribution is -0.137. The van der Waals surface area contributed by atoms with Crippen LogP contribution in [0.25, 0.3) is 16.8 Å². The molecular weight excluding hydrogens is 535 g/mol. The molecule has 1 aliphatic heterocycles. The van der Waals surface area contributed by atoms with Crippen molar-refractivity contribution < 1.29 is 27.5 Å². The fraction of sp³-hybridized carbons (Fsp3) is 0.267. The number of benzene rings is 2. The molecule has 41 heavy (non-hydrogen) atoms. The van der Waals surface area contributed by atoms with E-state index in [0.29, 0.717) is 48.7 Å². The van der Waals surface area contributed by atoms with Gasteiger partial charge in [0.2, 0.25) is 11.8 Å². The van der Waals surface area contributed by atoms with E-state index in [2.05, 4.69) is 20.7 Å². The van der Waals surface area contributed by atoms with Crippen LogP contribution >= 0.6 is 0 Å². The van der Waals surface area contributed by atoms with Crippen LogP contribution in [0, 0.1) is 12.8 Å². The topological polar surface area (TPSA) is 98.1 Å². The first-order chi connectivity index (χ1) is 19.7. The summed E-state index contributed by atoms with van der Waals surface area (Å²) in [7, 11) is 0. The van der Waals surface area contributed by atoms with Gasteiger partial charge < -0.3 is 15.4 Å². The number of alkyl halides is 3. The third-order valence-corrected chi connectivity index (χ3v) is 6.92. The van der Waals surface area contributed by atoms with Gasteiger partial charge in [0.15, 0.2) is 0 Å². The maximum absolute atomic E-state index is 13.0. The summed E-state index contributed by atoms with van der Waals surface area (Å²) >= 11 is 0. The molecule has 4 aromatic rings. The zero-order valence-electron chi connectivity index (χ0n) is 22.2. The number of nitrogens with one attached hydrogen (secondary N) is 2. The molecule has 0 unspecified atom stereocenters. The minimum Gasteiger partial charge on any atom is -0.381 e. The van der Waals surface area contributed by atoms with Crippen molar-refractivity contribution in [1.29, 1.82) is 0 Å². The molecule has 2 amide bonds. The van der Waals surface area contributed by atoms with Gasteiger partial charge in [-0.3, -0.25) is 14.6 Å². The highest BCUT2D eigenvalue weighted by atomic mass is 19.4. The predicted molar refractivity (Wildman–Crippen MR) is 147 cm³/mol. The quantitative estimate of drug-likeness (QED) is 0.296. The Morgan fingerprint density at radius 2 is 1.85 bits per heavy atom.